The Morgan fingerprint density at radius 1 is 1.27 bits per heavy atom. The van der Waals surface area contributed by atoms with Crippen molar-refractivity contribution in [3.05, 3.63) is 46.3 Å². The van der Waals surface area contributed by atoms with E-state index in [1.165, 1.54) is 0 Å². The van der Waals surface area contributed by atoms with Crippen LogP contribution in [-0.2, 0) is 17.6 Å². The van der Waals surface area contributed by atoms with E-state index in [1.807, 2.05) is 36.6 Å². The molecule has 2 heterocycles. The van der Waals surface area contributed by atoms with Gasteiger partial charge in [0.05, 0.1) is 32.0 Å². The van der Waals surface area contributed by atoms with Crippen molar-refractivity contribution < 1.29 is 14.3 Å². The molecule has 0 aliphatic heterocycles. The zero-order chi connectivity index (χ0) is 18.5. The SMILES string of the molecule is CCc1[nH]nc(-c2ccc(OC)cc2OC)c1NC(=O)Cc1cccs1. The summed E-state index contributed by atoms with van der Waals surface area (Å²) in [6.07, 6.45) is 1.06. The van der Waals surface area contributed by atoms with Crippen molar-refractivity contribution in [3.63, 3.8) is 0 Å². The highest BCUT2D eigenvalue weighted by atomic mass is 32.1. The van der Waals surface area contributed by atoms with Gasteiger partial charge in [0.15, 0.2) is 0 Å². The number of aryl methyl sites for hydroxylation is 1. The molecule has 0 radical (unpaired) electrons. The van der Waals surface area contributed by atoms with E-state index in [-0.39, 0.29) is 5.91 Å². The number of methoxy groups -OCH3 is 2. The predicted molar refractivity (Wildman–Crippen MR) is 103 cm³/mol. The lowest BCUT2D eigenvalue weighted by molar-refractivity contribution is -0.115. The molecule has 6 nitrogen and oxygen atoms in total. The summed E-state index contributed by atoms with van der Waals surface area (Å²) in [5, 5.41) is 12.4. The Kier molecular flexibility index (Phi) is 5.58. The summed E-state index contributed by atoms with van der Waals surface area (Å²) in [4.78, 5) is 13.5. The standard InChI is InChI=1S/C19H21N3O3S/c1-4-15-19(20-17(23)11-13-6-5-9-26-13)18(22-21-15)14-8-7-12(24-2)10-16(14)25-3/h5-10H,4,11H2,1-3H3,(H,20,23)(H,21,22). The monoisotopic (exact) mass is 371 g/mol. The molecule has 0 saturated carbocycles. The van der Waals surface area contributed by atoms with E-state index < -0.39 is 0 Å². The largest absolute Gasteiger partial charge is 0.497 e. The normalized spacial score (nSPS) is 10.6. The fourth-order valence-electron chi connectivity index (χ4n) is 2.71. The lowest BCUT2D eigenvalue weighted by atomic mass is 10.1. The number of hydrogen-bond donors (Lipinski definition) is 2. The average molecular weight is 371 g/mol. The first-order valence-electron chi connectivity index (χ1n) is 8.28. The number of nitrogens with zero attached hydrogens (tertiary/aromatic N) is 1. The summed E-state index contributed by atoms with van der Waals surface area (Å²) in [5.41, 5.74) is 3.01. The zero-order valence-corrected chi connectivity index (χ0v) is 15.8. The summed E-state index contributed by atoms with van der Waals surface area (Å²) in [6.45, 7) is 2.01. The number of ether oxygens (including phenoxy) is 2. The quantitative estimate of drug-likeness (QED) is 0.660. The van der Waals surface area contributed by atoms with Crippen molar-refractivity contribution in [2.24, 2.45) is 0 Å². The van der Waals surface area contributed by atoms with Gasteiger partial charge in [0.1, 0.15) is 17.2 Å². The average Bonchev–Trinajstić information content (AvgIpc) is 3.30. The topological polar surface area (TPSA) is 76.2 Å². The molecule has 0 aliphatic rings. The van der Waals surface area contributed by atoms with Crippen LogP contribution in [0.25, 0.3) is 11.3 Å². The number of anilines is 1. The van der Waals surface area contributed by atoms with Gasteiger partial charge in [-0.3, -0.25) is 9.89 Å². The highest BCUT2D eigenvalue weighted by Gasteiger charge is 2.20. The third kappa shape index (κ3) is 3.72. The molecule has 3 aromatic rings. The van der Waals surface area contributed by atoms with E-state index in [1.54, 1.807) is 31.6 Å². The number of H-pyrrole nitrogens is 1. The highest BCUT2D eigenvalue weighted by molar-refractivity contribution is 7.10. The maximum atomic E-state index is 12.5. The van der Waals surface area contributed by atoms with Gasteiger partial charge in [-0.05, 0) is 30.0 Å². The predicted octanol–water partition coefficient (Wildman–Crippen LogP) is 3.90. The first-order chi connectivity index (χ1) is 12.7. The number of carbonyl (C=O) groups excluding carboxylic acids is 1. The van der Waals surface area contributed by atoms with Gasteiger partial charge in [-0.2, -0.15) is 5.10 Å². The first-order valence-corrected chi connectivity index (χ1v) is 9.16. The molecule has 7 heteroatoms. The minimum Gasteiger partial charge on any atom is -0.497 e. The summed E-state index contributed by atoms with van der Waals surface area (Å²) >= 11 is 1.57. The van der Waals surface area contributed by atoms with Crippen LogP contribution in [0.4, 0.5) is 5.69 Å². The number of benzene rings is 1. The van der Waals surface area contributed by atoms with Crippen LogP contribution >= 0.6 is 11.3 Å². The fourth-order valence-corrected chi connectivity index (χ4v) is 3.42. The van der Waals surface area contributed by atoms with E-state index in [2.05, 4.69) is 15.5 Å². The second kappa shape index (κ2) is 8.05. The van der Waals surface area contributed by atoms with Gasteiger partial charge >= 0.3 is 0 Å². The summed E-state index contributed by atoms with van der Waals surface area (Å²) in [6, 6.07) is 9.41. The van der Waals surface area contributed by atoms with Gasteiger partial charge in [0.2, 0.25) is 5.91 Å². The molecule has 1 aromatic carbocycles. The van der Waals surface area contributed by atoms with Crippen LogP contribution in [0.1, 0.15) is 17.5 Å². The van der Waals surface area contributed by atoms with Gasteiger partial charge in [-0.15, -0.1) is 11.3 Å². The molecule has 0 aliphatic carbocycles. The molecule has 2 N–H and O–H groups in total. The van der Waals surface area contributed by atoms with Crippen LogP contribution in [0, 0.1) is 0 Å². The molecule has 3 rings (SSSR count). The first kappa shape index (κ1) is 18.0. The molecule has 0 atom stereocenters. The van der Waals surface area contributed by atoms with Crippen molar-refractivity contribution in [1.29, 1.82) is 0 Å². The minimum atomic E-state index is -0.0720. The summed E-state index contributed by atoms with van der Waals surface area (Å²) < 4.78 is 10.7. The molecule has 1 amide bonds. The Balaban J connectivity index is 1.94. The van der Waals surface area contributed by atoms with Crippen molar-refractivity contribution in [2.45, 2.75) is 19.8 Å². The number of aromatic nitrogens is 2. The Hall–Kier alpha value is -2.80. The molecule has 0 spiro atoms. The van der Waals surface area contributed by atoms with Gasteiger partial charge in [-0.25, -0.2) is 0 Å². The van der Waals surface area contributed by atoms with Crippen LogP contribution in [-0.4, -0.2) is 30.3 Å². The number of aromatic amines is 1. The van der Waals surface area contributed by atoms with Crippen LogP contribution in [0.3, 0.4) is 0 Å². The van der Waals surface area contributed by atoms with Crippen molar-refractivity contribution in [2.75, 3.05) is 19.5 Å². The lowest BCUT2D eigenvalue weighted by Gasteiger charge is -2.11. The number of amides is 1. The van der Waals surface area contributed by atoms with Crippen molar-refractivity contribution >= 4 is 22.9 Å². The van der Waals surface area contributed by atoms with Crippen LogP contribution in [0.15, 0.2) is 35.7 Å². The Morgan fingerprint density at radius 3 is 2.77 bits per heavy atom. The molecule has 0 bridgehead atoms. The molecule has 26 heavy (non-hydrogen) atoms. The molecular formula is C19H21N3O3S. The van der Waals surface area contributed by atoms with Gasteiger partial charge < -0.3 is 14.8 Å². The molecule has 0 fully saturated rings. The van der Waals surface area contributed by atoms with E-state index >= 15 is 0 Å². The van der Waals surface area contributed by atoms with Gasteiger partial charge in [0, 0.05) is 16.5 Å². The second-order valence-electron chi connectivity index (χ2n) is 5.65. The zero-order valence-electron chi connectivity index (χ0n) is 15.0. The summed E-state index contributed by atoms with van der Waals surface area (Å²) in [7, 11) is 3.20. The Morgan fingerprint density at radius 2 is 2.12 bits per heavy atom. The number of nitrogens with one attached hydrogen (secondary N) is 2. The molecule has 0 saturated heterocycles. The molecular weight excluding hydrogens is 350 g/mol. The number of carbonyl (C=O) groups is 1. The molecule has 136 valence electrons. The van der Waals surface area contributed by atoms with E-state index in [0.717, 1.165) is 22.6 Å². The minimum absolute atomic E-state index is 0.0720. The van der Waals surface area contributed by atoms with Crippen LogP contribution in [0.5, 0.6) is 11.5 Å². The Labute approximate surface area is 156 Å². The molecule has 2 aromatic heterocycles. The fraction of sp³-hybridized carbons (Fsp3) is 0.263. The van der Waals surface area contributed by atoms with E-state index in [0.29, 0.717) is 29.3 Å². The number of hydrogen-bond acceptors (Lipinski definition) is 5. The number of thiophene rings is 1. The van der Waals surface area contributed by atoms with Gasteiger partial charge in [-0.1, -0.05) is 13.0 Å². The maximum absolute atomic E-state index is 12.5. The molecule has 0 unspecified atom stereocenters. The van der Waals surface area contributed by atoms with Crippen molar-refractivity contribution in [1.82, 2.24) is 10.2 Å². The second-order valence-corrected chi connectivity index (χ2v) is 6.68. The summed E-state index contributed by atoms with van der Waals surface area (Å²) in [5.74, 6) is 1.25. The smallest absolute Gasteiger partial charge is 0.229 e. The third-order valence-electron chi connectivity index (χ3n) is 4.04. The maximum Gasteiger partial charge on any atom is 0.229 e. The lowest BCUT2D eigenvalue weighted by Crippen LogP contribution is -2.15. The Bertz CT molecular complexity index is 888. The van der Waals surface area contributed by atoms with Crippen LogP contribution < -0.4 is 14.8 Å². The third-order valence-corrected chi connectivity index (χ3v) is 4.91. The highest BCUT2D eigenvalue weighted by Crippen LogP contribution is 2.37. The van der Waals surface area contributed by atoms with Crippen LogP contribution in [0.2, 0.25) is 0 Å². The van der Waals surface area contributed by atoms with E-state index in [9.17, 15) is 4.79 Å². The van der Waals surface area contributed by atoms with Crippen molar-refractivity contribution in [3.8, 4) is 22.8 Å². The van der Waals surface area contributed by atoms with E-state index in [4.69, 9.17) is 9.47 Å². The van der Waals surface area contributed by atoms with Gasteiger partial charge in [0.25, 0.3) is 0 Å². The number of rotatable bonds is 7.